The largest absolute Gasteiger partial charge is 0.394 e. The number of aliphatic hydroxyl groups is 1. The molecule has 0 fully saturated rings. The molecule has 10 heteroatoms. The van der Waals surface area contributed by atoms with E-state index in [0.29, 0.717) is 22.3 Å². The van der Waals surface area contributed by atoms with Gasteiger partial charge in [-0.3, -0.25) is 4.72 Å². The first-order valence-corrected chi connectivity index (χ1v) is 11.6. The highest BCUT2D eigenvalue weighted by molar-refractivity contribution is 7.98. The Kier molecular flexibility index (Phi) is 8.04. The van der Waals surface area contributed by atoms with Crippen LogP contribution in [0, 0.1) is 11.3 Å². The quantitative estimate of drug-likeness (QED) is 0.394. The van der Waals surface area contributed by atoms with Crippen LogP contribution in [0.2, 0.25) is 0 Å². The standard InChI is InChI=1S/C18H23N5O3S2/c1-3-6-15(11-24)20-16-9-17(23-28(2,25)26)22-18(21-16)27-12-14-8-5-4-7-13(14)10-19/h4-5,7-9,15,24H,3,6,11-12H2,1-2H3,(H2,20,21,22,23)/t15-/m1/s1. The van der Waals surface area contributed by atoms with E-state index in [0.717, 1.165) is 24.7 Å². The summed E-state index contributed by atoms with van der Waals surface area (Å²) in [5, 5.41) is 22.2. The van der Waals surface area contributed by atoms with Gasteiger partial charge >= 0.3 is 0 Å². The number of rotatable bonds is 10. The van der Waals surface area contributed by atoms with Crippen LogP contribution in [0.4, 0.5) is 11.6 Å². The monoisotopic (exact) mass is 421 g/mol. The van der Waals surface area contributed by atoms with Crippen molar-refractivity contribution in [3.8, 4) is 6.07 Å². The summed E-state index contributed by atoms with van der Waals surface area (Å²) in [7, 11) is -3.50. The molecule has 1 heterocycles. The van der Waals surface area contributed by atoms with Gasteiger partial charge in [0.15, 0.2) is 5.16 Å². The third-order valence-corrected chi connectivity index (χ3v) is 5.18. The third-order valence-electron chi connectivity index (χ3n) is 3.70. The van der Waals surface area contributed by atoms with Gasteiger partial charge in [-0.1, -0.05) is 43.3 Å². The number of nitrogens with zero attached hydrogens (tertiary/aromatic N) is 3. The van der Waals surface area contributed by atoms with E-state index >= 15 is 0 Å². The first-order chi connectivity index (χ1) is 13.3. The molecule has 0 aliphatic heterocycles. The number of nitrogens with one attached hydrogen (secondary N) is 2. The van der Waals surface area contributed by atoms with E-state index in [1.165, 1.54) is 17.8 Å². The number of benzene rings is 1. The van der Waals surface area contributed by atoms with Crippen LogP contribution < -0.4 is 10.0 Å². The van der Waals surface area contributed by atoms with Gasteiger partial charge in [0, 0.05) is 11.8 Å². The fourth-order valence-corrected chi connectivity index (χ4v) is 3.82. The highest BCUT2D eigenvalue weighted by atomic mass is 32.2. The first kappa shape index (κ1) is 21.9. The van der Waals surface area contributed by atoms with Crippen molar-refractivity contribution in [2.24, 2.45) is 0 Å². The van der Waals surface area contributed by atoms with Gasteiger partial charge in [-0.25, -0.2) is 18.4 Å². The number of anilines is 2. The van der Waals surface area contributed by atoms with Crippen LogP contribution in [0.1, 0.15) is 30.9 Å². The Labute approximate surface area is 169 Å². The van der Waals surface area contributed by atoms with Gasteiger partial charge in [-0.15, -0.1) is 0 Å². The Bertz CT molecular complexity index is 944. The molecule has 28 heavy (non-hydrogen) atoms. The Morgan fingerprint density at radius 2 is 2.00 bits per heavy atom. The van der Waals surface area contributed by atoms with Crippen molar-refractivity contribution in [2.45, 2.75) is 36.7 Å². The zero-order chi connectivity index (χ0) is 20.6. The third kappa shape index (κ3) is 6.99. The normalized spacial score (nSPS) is 12.2. The summed E-state index contributed by atoms with van der Waals surface area (Å²) < 4.78 is 25.5. The van der Waals surface area contributed by atoms with E-state index < -0.39 is 10.0 Å². The van der Waals surface area contributed by atoms with Crippen molar-refractivity contribution in [3.05, 3.63) is 41.5 Å². The number of aliphatic hydroxyl groups excluding tert-OH is 1. The molecule has 0 saturated carbocycles. The molecule has 3 N–H and O–H groups in total. The molecular formula is C18H23N5O3S2. The molecule has 0 saturated heterocycles. The van der Waals surface area contributed by atoms with Gasteiger partial charge in [0.2, 0.25) is 10.0 Å². The predicted octanol–water partition coefficient (Wildman–Crippen LogP) is 2.58. The zero-order valence-electron chi connectivity index (χ0n) is 15.7. The molecule has 1 atom stereocenters. The molecule has 0 aliphatic carbocycles. The molecule has 0 radical (unpaired) electrons. The van der Waals surface area contributed by atoms with Crippen molar-refractivity contribution in [2.75, 3.05) is 22.9 Å². The maximum atomic E-state index is 11.6. The van der Waals surface area contributed by atoms with Gasteiger partial charge in [0.1, 0.15) is 11.6 Å². The number of hydrogen-bond donors (Lipinski definition) is 3. The smallest absolute Gasteiger partial charge is 0.230 e. The van der Waals surface area contributed by atoms with Gasteiger partial charge in [-0.2, -0.15) is 5.26 Å². The van der Waals surface area contributed by atoms with Crippen LogP contribution in [0.15, 0.2) is 35.5 Å². The van der Waals surface area contributed by atoms with Crippen LogP contribution in [-0.2, 0) is 15.8 Å². The lowest BCUT2D eigenvalue weighted by Gasteiger charge is -2.17. The molecule has 8 nitrogen and oxygen atoms in total. The van der Waals surface area contributed by atoms with Crippen LogP contribution in [0.5, 0.6) is 0 Å². The Morgan fingerprint density at radius 3 is 2.64 bits per heavy atom. The van der Waals surface area contributed by atoms with Gasteiger partial charge < -0.3 is 10.4 Å². The van der Waals surface area contributed by atoms with Crippen LogP contribution in [-0.4, -0.2) is 42.4 Å². The zero-order valence-corrected chi connectivity index (χ0v) is 17.3. The SMILES string of the molecule is CCC[C@H](CO)Nc1cc(NS(C)(=O)=O)nc(SCc2ccccc2C#N)n1. The molecule has 1 aromatic carbocycles. The molecule has 1 aromatic heterocycles. The summed E-state index contributed by atoms with van der Waals surface area (Å²) >= 11 is 1.29. The van der Waals surface area contributed by atoms with E-state index in [1.54, 1.807) is 12.1 Å². The summed E-state index contributed by atoms with van der Waals surface area (Å²) in [4.78, 5) is 8.66. The van der Waals surface area contributed by atoms with E-state index in [1.807, 2.05) is 19.1 Å². The van der Waals surface area contributed by atoms with E-state index in [4.69, 9.17) is 0 Å². The lowest BCUT2D eigenvalue weighted by molar-refractivity contribution is 0.268. The first-order valence-electron chi connectivity index (χ1n) is 8.69. The summed E-state index contributed by atoms with van der Waals surface area (Å²) in [5.74, 6) is 1.03. The molecular weight excluding hydrogens is 398 g/mol. The lowest BCUT2D eigenvalue weighted by Crippen LogP contribution is -2.24. The Balaban J connectivity index is 2.27. The molecule has 0 bridgehead atoms. The molecule has 0 aliphatic rings. The fourth-order valence-electron chi connectivity index (χ4n) is 2.47. The Hall–Kier alpha value is -2.35. The second kappa shape index (κ2) is 10.3. The van der Waals surface area contributed by atoms with Crippen LogP contribution in [0.3, 0.4) is 0 Å². The van der Waals surface area contributed by atoms with Gasteiger partial charge in [-0.05, 0) is 18.1 Å². The highest BCUT2D eigenvalue weighted by Crippen LogP contribution is 2.25. The summed E-state index contributed by atoms with van der Waals surface area (Å²) in [5.41, 5.74) is 1.41. The molecule has 0 unspecified atom stereocenters. The summed E-state index contributed by atoms with van der Waals surface area (Å²) in [6, 6.07) is 10.7. The maximum absolute atomic E-state index is 11.6. The van der Waals surface area contributed by atoms with E-state index in [2.05, 4.69) is 26.1 Å². The van der Waals surface area contributed by atoms with Crippen molar-refractivity contribution in [3.63, 3.8) is 0 Å². The lowest BCUT2D eigenvalue weighted by atomic mass is 10.1. The van der Waals surface area contributed by atoms with Crippen molar-refractivity contribution in [1.82, 2.24) is 9.97 Å². The average Bonchev–Trinajstić information content (AvgIpc) is 2.64. The maximum Gasteiger partial charge on any atom is 0.230 e. The van der Waals surface area contributed by atoms with Crippen molar-refractivity contribution < 1.29 is 13.5 Å². The number of nitriles is 1. The summed E-state index contributed by atoms with van der Waals surface area (Å²) in [6.45, 7) is 1.94. The molecule has 150 valence electrons. The van der Waals surface area contributed by atoms with Crippen LogP contribution >= 0.6 is 11.8 Å². The van der Waals surface area contributed by atoms with Gasteiger partial charge in [0.25, 0.3) is 0 Å². The number of sulfonamides is 1. The van der Waals surface area contributed by atoms with E-state index in [-0.39, 0.29) is 18.5 Å². The fraction of sp³-hybridized carbons (Fsp3) is 0.389. The number of aromatic nitrogens is 2. The molecule has 2 rings (SSSR count). The van der Waals surface area contributed by atoms with Crippen molar-refractivity contribution in [1.29, 1.82) is 5.26 Å². The topological polar surface area (TPSA) is 128 Å². The summed E-state index contributed by atoms with van der Waals surface area (Å²) in [6.07, 6.45) is 2.67. The Morgan fingerprint density at radius 1 is 1.29 bits per heavy atom. The second-order valence-corrected chi connectivity index (χ2v) is 8.86. The molecule has 2 aromatic rings. The van der Waals surface area contributed by atoms with Crippen LogP contribution in [0.25, 0.3) is 0 Å². The molecule has 0 amide bonds. The molecule has 0 spiro atoms. The van der Waals surface area contributed by atoms with E-state index in [9.17, 15) is 18.8 Å². The second-order valence-electron chi connectivity index (χ2n) is 6.17. The number of thioether (sulfide) groups is 1. The highest BCUT2D eigenvalue weighted by Gasteiger charge is 2.13. The minimum atomic E-state index is -3.50. The predicted molar refractivity (Wildman–Crippen MR) is 111 cm³/mol. The van der Waals surface area contributed by atoms with Crippen molar-refractivity contribution >= 4 is 33.4 Å². The average molecular weight is 422 g/mol. The minimum absolute atomic E-state index is 0.0648. The minimum Gasteiger partial charge on any atom is -0.394 e. The number of hydrogen-bond acceptors (Lipinski definition) is 8. The van der Waals surface area contributed by atoms with Gasteiger partial charge in [0.05, 0.1) is 30.5 Å².